The van der Waals surface area contributed by atoms with Crippen molar-refractivity contribution < 1.29 is 28.3 Å². The van der Waals surface area contributed by atoms with Gasteiger partial charge in [-0.2, -0.15) is 0 Å². The summed E-state index contributed by atoms with van der Waals surface area (Å²) in [4.78, 5) is 48.9. The molecule has 2 aromatic rings. The summed E-state index contributed by atoms with van der Waals surface area (Å²) in [6.45, 7) is 0.903. The van der Waals surface area contributed by atoms with Crippen LogP contribution in [0.2, 0.25) is 0 Å². The van der Waals surface area contributed by atoms with E-state index in [0.29, 0.717) is 11.3 Å². The number of hydrogen-bond donors (Lipinski definition) is 1. The first-order chi connectivity index (χ1) is 13.8. The van der Waals surface area contributed by atoms with E-state index in [9.17, 15) is 23.6 Å². The molecule has 0 saturated carbocycles. The van der Waals surface area contributed by atoms with Gasteiger partial charge in [-0.3, -0.25) is 19.2 Å². The minimum absolute atomic E-state index is 0.00178. The number of ketones is 1. The third-order valence-electron chi connectivity index (χ3n) is 4.47. The first-order valence-corrected chi connectivity index (χ1v) is 8.97. The van der Waals surface area contributed by atoms with Gasteiger partial charge in [0.05, 0.1) is 11.6 Å². The van der Waals surface area contributed by atoms with Crippen molar-refractivity contribution in [3.05, 3.63) is 59.9 Å². The van der Waals surface area contributed by atoms with Gasteiger partial charge in [0.2, 0.25) is 11.8 Å². The zero-order valence-corrected chi connectivity index (χ0v) is 15.7. The number of carbonyl (C=O) groups is 4. The monoisotopic (exact) mass is 398 g/mol. The molecule has 2 aromatic carbocycles. The third-order valence-corrected chi connectivity index (χ3v) is 4.47. The molecule has 150 valence electrons. The molecule has 7 nitrogen and oxygen atoms in total. The normalized spacial score (nSPS) is 15.9. The van der Waals surface area contributed by atoms with E-state index in [1.165, 1.54) is 42.2 Å². The van der Waals surface area contributed by atoms with Crippen LogP contribution in [-0.2, 0) is 19.1 Å². The van der Waals surface area contributed by atoms with Crippen LogP contribution in [0.25, 0.3) is 0 Å². The summed E-state index contributed by atoms with van der Waals surface area (Å²) in [6.07, 6.45) is -0.104. The van der Waals surface area contributed by atoms with Crippen molar-refractivity contribution in [2.24, 2.45) is 5.92 Å². The number of esters is 1. The molecular weight excluding hydrogens is 379 g/mol. The van der Waals surface area contributed by atoms with Crippen LogP contribution in [0.1, 0.15) is 23.7 Å². The summed E-state index contributed by atoms with van der Waals surface area (Å²) in [7, 11) is 0. The number of rotatable bonds is 6. The molecule has 1 fully saturated rings. The Labute approximate surface area is 166 Å². The zero-order valence-electron chi connectivity index (χ0n) is 15.7. The van der Waals surface area contributed by atoms with E-state index in [0.717, 1.165) is 0 Å². The Morgan fingerprint density at radius 3 is 2.48 bits per heavy atom. The van der Waals surface area contributed by atoms with Crippen molar-refractivity contribution in [1.29, 1.82) is 0 Å². The fraction of sp³-hybridized carbons (Fsp3) is 0.238. The summed E-state index contributed by atoms with van der Waals surface area (Å²) in [5.41, 5.74) is 0.981. The van der Waals surface area contributed by atoms with Crippen LogP contribution in [0, 0.1) is 11.7 Å². The van der Waals surface area contributed by atoms with Crippen LogP contribution in [0.3, 0.4) is 0 Å². The summed E-state index contributed by atoms with van der Waals surface area (Å²) in [5, 5.41) is 2.59. The van der Waals surface area contributed by atoms with Gasteiger partial charge in [0, 0.05) is 31.1 Å². The maximum absolute atomic E-state index is 13.9. The minimum atomic E-state index is -0.767. The number of Topliss-reactive ketones (excluding diaryl/α,β-unsaturated/α-hetero) is 1. The Hall–Kier alpha value is -3.55. The number of halogens is 1. The van der Waals surface area contributed by atoms with Crippen molar-refractivity contribution in [2.45, 2.75) is 13.3 Å². The lowest BCUT2D eigenvalue weighted by Gasteiger charge is -2.17. The van der Waals surface area contributed by atoms with E-state index in [1.54, 1.807) is 18.2 Å². The van der Waals surface area contributed by atoms with Crippen LogP contribution in [0.5, 0.6) is 0 Å². The molecule has 0 bridgehead atoms. The van der Waals surface area contributed by atoms with E-state index in [2.05, 4.69) is 5.32 Å². The second-order valence-corrected chi connectivity index (χ2v) is 6.65. The number of anilines is 2. The number of para-hydroxylation sites is 1. The standard InChI is InChI=1S/C21H19FN2O5/c1-13(25)23-16-8-6-14(7-9-16)19(26)12-29-21(28)15-10-20(27)24(11-15)18-5-3-2-4-17(18)22/h2-9,15H,10-12H2,1H3,(H,23,25)/t15-/m0/s1. The molecule has 0 unspecified atom stereocenters. The van der Waals surface area contributed by atoms with Crippen LogP contribution in [-0.4, -0.2) is 36.7 Å². The topological polar surface area (TPSA) is 92.8 Å². The molecule has 1 aliphatic rings. The van der Waals surface area contributed by atoms with Crippen molar-refractivity contribution in [3.8, 4) is 0 Å². The SMILES string of the molecule is CC(=O)Nc1ccc(C(=O)COC(=O)[C@H]2CC(=O)N(c3ccccc3F)C2)cc1. The average Bonchev–Trinajstić information content (AvgIpc) is 3.08. The van der Waals surface area contributed by atoms with Crippen LogP contribution < -0.4 is 10.2 Å². The predicted molar refractivity (Wildman–Crippen MR) is 103 cm³/mol. The first kappa shape index (κ1) is 20.2. The Bertz CT molecular complexity index is 958. The third kappa shape index (κ3) is 4.84. The molecule has 1 N–H and O–H groups in total. The van der Waals surface area contributed by atoms with Gasteiger partial charge in [0.15, 0.2) is 12.4 Å². The maximum atomic E-state index is 13.9. The number of nitrogens with one attached hydrogen (secondary N) is 1. The summed E-state index contributed by atoms with van der Waals surface area (Å²) in [5.74, 6) is -3.02. The van der Waals surface area contributed by atoms with Crippen molar-refractivity contribution in [2.75, 3.05) is 23.4 Å². The molecule has 1 aliphatic heterocycles. The molecule has 29 heavy (non-hydrogen) atoms. The zero-order chi connectivity index (χ0) is 21.0. The van der Waals surface area contributed by atoms with Gasteiger partial charge in [-0.25, -0.2) is 4.39 Å². The Kier molecular flexibility index (Phi) is 6.01. The summed E-state index contributed by atoms with van der Waals surface area (Å²) < 4.78 is 19.0. The van der Waals surface area contributed by atoms with Gasteiger partial charge in [-0.05, 0) is 36.4 Å². The highest BCUT2D eigenvalue weighted by Crippen LogP contribution is 2.27. The van der Waals surface area contributed by atoms with E-state index in [-0.39, 0.29) is 30.5 Å². The van der Waals surface area contributed by atoms with E-state index >= 15 is 0 Å². The lowest BCUT2D eigenvalue weighted by Crippen LogP contribution is -2.27. The van der Waals surface area contributed by atoms with Gasteiger partial charge >= 0.3 is 5.97 Å². The van der Waals surface area contributed by atoms with E-state index in [1.807, 2.05) is 0 Å². The van der Waals surface area contributed by atoms with Crippen LogP contribution >= 0.6 is 0 Å². The Balaban J connectivity index is 1.55. The number of ether oxygens (including phenoxy) is 1. The average molecular weight is 398 g/mol. The highest BCUT2D eigenvalue weighted by Gasteiger charge is 2.37. The number of nitrogens with zero attached hydrogens (tertiary/aromatic N) is 1. The molecule has 8 heteroatoms. The molecule has 1 heterocycles. The van der Waals surface area contributed by atoms with Crippen molar-refractivity contribution >= 4 is 34.9 Å². The summed E-state index contributed by atoms with van der Waals surface area (Å²) in [6, 6.07) is 12.0. The number of carbonyl (C=O) groups excluding carboxylic acids is 4. The molecular formula is C21H19FN2O5. The molecule has 1 saturated heterocycles. The maximum Gasteiger partial charge on any atom is 0.311 e. The fourth-order valence-electron chi connectivity index (χ4n) is 3.05. The van der Waals surface area contributed by atoms with E-state index < -0.39 is 30.1 Å². The summed E-state index contributed by atoms with van der Waals surface area (Å²) >= 11 is 0. The molecule has 1 atom stereocenters. The van der Waals surface area contributed by atoms with Gasteiger partial charge in [0.25, 0.3) is 0 Å². The lowest BCUT2D eigenvalue weighted by atomic mass is 10.1. The highest BCUT2D eigenvalue weighted by atomic mass is 19.1. The molecule has 0 aromatic heterocycles. The molecule has 3 rings (SSSR count). The molecule has 0 aliphatic carbocycles. The fourth-order valence-corrected chi connectivity index (χ4v) is 3.05. The Morgan fingerprint density at radius 1 is 1.14 bits per heavy atom. The van der Waals surface area contributed by atoms with Gasteiger partial charge in [0.1, 0.15) is 5.82 Å². The van der Waals surface area contributed by atoms with Crippen molar-refractivity contribution in [3.63, 3.8) is 0 Å². The number of hydrogen-bond acceptors (Lipinski definition) is 5. The predicted octanol–water partition coefficient (Wildman–Crippen LogP) is 2.56. The molecule has 0 spiro atoms. The van der Waals surface area contributed by atoms with E-state index in [4.69, 9.17) is 4.74 Å². The van der Waals surface area contributed by atoms with Gasteiger partial charge in [-0.1, -0.05) is 12.1 Å². The molecule has 0 radical (unpaired) electrons. The first-order valence-electron chi connectivity index (χ1n) is 8.97. The van der Waals surface area contributed by atoms with Crippen LogP contribution in [0.4, 0.5) is 15.8 Å². The number of benzene rings is 2. The lowest BCUT2D eigenvalue weighted by molar-refractivity contribution is -0.147. The second kappa shape index (κ2) is 8.64. The second-order valence-electron chi connectivity index (χ2n) is 6.65. The molecule has 2 amide bonds. The number of amides is 2. The van der Waals surface area contributed by atoms with Crippen LogP contribution in [0.15, 0.2) is 48.5 Å². The Morgan fingerprint density at radius 2 is 1.83 bits per heavy atom. The van der Waals surface area contributed by atoms with Gasteiger partial charge in [-0.15, -0.1) is 0 Å². The smallest absolute Gasteiger partial charge is 0.311 e. The largest absolute Gasteiger partial charge is 0.457 e. The van der Waals surface area contributed by atoms with Crippen molar-refractivity contribution in [1.82, 2.24) is 0 Å². The van der Waals surface area contributed by atoms with Gasteiger partial charge < -0.3 is 15.0 Å². The quantitative estimate of drug-likeness (QED) is 0.596. The highest BCUT2D eigenvalue weighted by molar-refractivity contribution is 6.01. The minimum Gasteiger partial charge on any atom is -0.457 e.